The van der Waals surface area contributed by atoms with Gasteiger partial charge in [-0.2, -0.15) is 0 Å². The highest BCUT2D eigenvalue weighted by atomic mass is 79.9. The van der Waals surface area contributed by atoms with Gasteiger partial charge in [0.15, 0.2) is 0 Å². The second kappa shape index (κ2) is 6.05. The van der Waals surface area contributed by atoms with Crippen LogP contribution < -0.4 is 5.32 Å². The number of carbonyl (C=O) groups excluding carboxylic acids is 1. The van der Waals surface area contributed by atoms with Gasteiger partial charge in [-0.1, -0.05) is 28.1 Å². The van der Waals surface area contributed by atoms with Crippen LogP contribution in [-0.4, -0.2) is 10.8 Å². The molecule has 2 aromatic rings. The fourth-order valence-electron chi connectivity index (χ4n) is 1.89. The minimum absolute atomic E-state index is 0.0158. The molecule has 0 aliphatic carbocycles. The maximum Gasteiger partial charge on any atom is 0.274 e. The van der Waals surface area contributed by atoms with Gasteiger partial charge < -0.3 is 5.32 Å². The van der Waals surface area contributed by atoms with E-state index in [1.165, 1.54) is 6.07 Å². The Bertz CT molecular complexity index is 729. The number of amides is 1. The maximum atomic E-state index is 12.2. The molecule has 0 aliphatic heterocycles. The quantitative estimate of drug-likeness (QED) is 0.666. The summed E-state index contributed by atoms with van der Waals surface area (Å²) in [4.78, 5) is 22.6. The van der Waals surface area contributed by atoms with Crippen molar-refractivity contribution in [3.8, 4) is 0 Å². The molecule has 0 aromatic heterocycles. The van der Waals surface area contributed by atoms with Gasteiger partial charge in [0, 0.05) is 16.1 Å². The normalized spacial score (nSPS) is 10.2. The van der Waals surface area contributed by atoms with Gasteiger partial charge in [0.2, 0.25) is 0 Å². The predicted octanol–water partition coefficient (Wildman–Crippen LogP) is 4.23. The van der Waals surface area contributed by atoms with Crippen molar-refractivity contribution in [3.63, 3.8) is 0 Å². The topological polar surface area (TPSA) is 72.2 Å². The van der Waals surface area contributed by atoms with Crippen LogP contribution in [0.3, 0.4) is 0 Å². The third-order valence-electron chi connectivity index (χ3n) is 3.18. The van der Waals surface area contributed by atoms with Crippen molar-refractivity contribution < 1.29 is 9.72 Å². The van der Waals surface area contributed by atoms with E-state index in [-0.39, 0.29) is 11.6 Å². The summed E-state index contributed by atoms with van der Waals surface area (Å²) >= 11 is 3.38. The van der Waals surface area contributed by atoms with E-state index in [0.717, 1.165) is 10.0 Å². The maximum absolute atomic E-state index is 12.2. The average molecular weight is 349 g/mol. The number of hydrogen-bond acceptors (Lipinski definition) is 3. The average Bonchev–Trinajstić information content (AvgIpc) is 2.43. The van der Waals surface area contributed by atoms with Crippen LogP contribution in [-0.2, 0) is 0 Å². The summed E-state index contributed by atoms with van der Waals surface area (Å²) in [6.07, 6.45) is 0. The SMILES string of the molecule is Cc1ccc(C(=O)Nc2cccc([N+](=O)[O-])c2C)cc1Br. The monoisotopic (exact) mass is 348 g/mol. The largest absolute Gasteiger partial charge is 0.321 e. The van der Waals surface area contributed by atoms with Crippen LogP contribution in [0.2, 0.25) is 0 Å². The number of aryl methyl sites for hydroxylation is 1. The Morgan fingerprint density at radius 3 is 2.57 bits per heavy atom. The molecule has 1 N–H and O–H groups in total. The molecule has 2 aromatic carbocycles. The third-order valence-corrected chi connectivity index (χ3v) is 4.04. The highest BCUT2D eigenvalue weighted by molar-refractivity contribution is 9.10. The molecular formula is C15H13BrN2O3. The zero-order chi connectivity index (χ0) is 15.6. The van der Waals surface area contributed by atoms with Gasteiger partial charge in [-0.3, -0.25) is 14.9 Å². The number of rotatable bonds is 3. The lowest BCUT2D eigenvalue weighted by Gasteiger charge is -2.09. The first-order valence-corrected chi connectivity index (χ1v) is 7.01. The molecule has 0 spiro atoms. The number of carbonyl (C=O) groups is 1. The molecule has 21 heavy (non-hydrogen) atoms. The van der Waals surface area contributed by atoms with E-state index in [9.17, 15) is 14.9 Å². The zero-order valence-corrected chi connectivity index (χ0v) is 13.1. The number of nitro groups is 1. The highest BCUT2D eigenvalue weighted by Gasteiger charge is 2.15. The molecule has 0 aliphatic rings. The van der Waals surface area contributed by atoms with Crippen LogP contribution in [0, 0.1) is 24.0 Å². The van der Waals surface area contributed by atoms with Gasteiger partial charge in [0.25, 0.3) is 11.6 Å². The molecule has 0 fully saturated rings. The summed E-state index contributed by atoms with van der Waals surface area (Å²) in [5.74, 6) is -0.306. The summed E-state index contributed by atoms with van der Waals surface area (Å²) < 4.78 is 0.839. The van der Waals surface area contributed by atoms with Crippen LogP contribution in [0.25, 0.3) is 0 Å². The minimum atomic E-state index is -0.465. The van der Waals surface area contributed by atoms with Crippen molar-refractivity contribution in [1.29, 1.82) is 0 Å². The lowest BCUT2D eigenvalue weighted by atomic mass is 10.1. The summed E-state index contributed by atoms with van der Waals surface area (Å²) in [5, 5.41) is 13.6. The smallest absolute Gasteiger partial charge is 0.274 e. The van der Waals surface area contributed by atoms with Crippen molar-refractivity contribution in [2.24, 2.45) is 0 Å². The van der Waals surface area contributed by atoms with Gasteiger partial charge >= 0.3 is 0 Å². The number of nitrogens with zero attached hydrogens (tertiary/aromatic N) is 1. The van der Waals surface area contributed by atoms with Crippen LogP contribution in [0.1, 0.15) is 21.5 Å². The molecule has 0 atom stereocenters. The minimum Gasteiger partial charge on any atom is -0.321 e. The van der Waals surface area contributed by atoms with Crippen molar-refractivity contribution in [2.75, 3.05) is 5.32 Å². The number of benzene rings is 2. The first-order chi connectivity index (χ1) is 9.90. The standard InChI is InChI=1S/C15H13BrN2O3/c1-9-6-7-11(8-12(9)16)15(19)17-13-4-3-5-14(10(13)2)18(20)21/h3-8H,1-2H3,(H,17,19). The molecule has 0 saturated heterocycles. The van der Waals surface area contributed by atoms with Crippen molar-refractivity contribution >= 4 is 33.2 Å². The van der Waals surface area contributed by atoms with Gasteiger partial charge in [-0.05, 0) is 37.6 Å². The van der Waals surface area contributed by atoms with Crippen molar-refractivity contribution in [2.45, 2.75) is 13.8 Å². The fourth-order valence-corrected chi connectivity index (χ4v) is 2.26. The zero-order valence-electron chi connectivity index (χ0n) is 11.5. The first kappa shape index (κ1) is 15.2. The number of hydrogen-bond donors (Lipinski definition) is 1. The van der Waals surface area contributed by atoms with Crippen molar-refractivity contribution in [1.82, 2.24) is 0 Å². The van der Waals surface area contributed by atoms with E-state index >= 15 is 0 Å². The van der Waals surface area contributed by atoms with Gasteiger partial charge in [-0.15, -0.1) is 0 Å². The third kappa shape index (κ3) is 3.28. The van der Waals surface area contributed by atoms with E-state index in [4.69, 9.17) is 0 Å². The van der Waals surface area contributed by atoms with Gasteiger partial charge in [0.05, 0.1) is 16.2 Å². The summed E-state index contributed by atoms with van der Waals surface area (Å²) in [5.41, 5.74) is 2.36. The van der Waals surface area contributed by atoms with Gasteiger partial charge in [0.1, 0.15) is 0 Å². The Labute approximate surface area is 130 Å². The predicted molar refractivity (Wildman–Crippen MR) is 84.7 cm³/mol. The Morgan fingerprint density at radius 2 is 1.95 bits per heavy atom. The van der Waals surface area contributed by atoms with E-state index in [2.05, 4.69) is 21.2 Å². The lowest BCUT2D eigenvalue weighted by molar-refractivity contribution is -0.385. The molecule has 108 valence electrons. The summed E-state index contributed by atoms with van der Waals surface area (Å²) in [6.45, 7) is 3.54. The van der Waals surface area contributed by atoms with Crippen LogP contribution in [0.5, 0.6) is 0 Å². The Kier molecular flexibility index (Phi) is 4.37. The molecule has 0 bridgehead atoms. The Hall–Kier alpha value is -2.21. The molecule has 1 amide bonds. The van der Waals surface area contributed by atoms with E-state index in [1.807, 2.05) is 13.0 Å². The molecule has 0 unspecified atom stereocenters. The first-order valence-electron chi connectivity index (χ1n) is 6.21. The molecule has 5 nitrogen and oxygen atoms in total. The van der Waals surface area contributed by atoms with E-state index in [1.54, 1.807) is 31.2 Å². The molecule has 0 saturated carbocycles. The van der Waals surface area contributed by atoms with Gasteiger partial charge in [-0.25, -0.2) is 0 Å². The number of anilines is 1. The number of halogens is 1. The van der Waals surface area contributed by atoms with Crippen LogP contribution in [0.4, 0.5) is 11.4 Å². The van der Waals surface area contributed by atoms with E-state index in [0.29, 0.717) is 16.8 Å². The second-order valence-corrected chi connectivity index (χ2v) is 5.48. The molecular weight excluding hydrogens is 336 g/mol. The highest BCUT2D eigenvalue weighted by Crippen LogP contribution is 2.26. The second-order valence-electron chi connectivity index (χ2n) is 4.62. The van der Waals surface area contributed by atoms with Crippen LogP contribution in [0.15, 0.2) is 40.9 Å². The molecule has 0 radical (unpaired) electrons. The molecule has 2 rings (SSSR count). The van der Waals surface area contributed by atoms with E-state index < -0.39 is 4.92 Å². The molecule has 0 heterocycles. The molecule has 6 heteroatoms. The fraction of sp³-hybridized carbons (Fsp3) is 0.133. The summed E-state index contributed by atoms with van der Waals surface area (Å²) in [6, 6.07) is 9.86. The number of nitro benzene ring substituents is 1. The Morgan fingerprint density at radius 1 is 1.24 bits per heavy atom. The Balaban J connectivity index is 2.29. The lowest BCUT2D eigenvalue weighted by Crippen LogP contribution is -2.13. The van der Waals surface area contributed by atoms with Crippen molar-refractivity contribution in [3.05, 3.63) is 67.7 Å². The van der Waals surface area contributed by atoms with Crippen LogP contribution >= 0.6 is 15.9 Å². The number of nitrogens with one attached hydrogen (secondary N) is 1. The summed E-state index contributed by atoms with van der Waals surface area (Å²) in [7, 11) is 0.